The van der Waals surface area contributed by atoms with Gasteiger partial charge in [-0.1, -0.05) is 0 Å². The maximum Gasteiger partial charge on any atom is 0.273 e. The average Bonchev–Trinajstić information content (AvgIpc) is 2.91. The summed E-state index contributed by atoms with van der Waals surface area (Å²) in [6.45, 7) is 1.83. The largest absolute Gasteiger partial charge is 0.507 e. The van der Waals surface area contributed by atoms with E-state index in [1.54, 1.807) is 31.2 Å². The lowest BCUT2D eigenvalue weighted by Crippen LogP contribution is -2.29. The first kappa shape index (κ1) is 15.5. The number of aryl methyl sites for hydroxylation is 1. The second-order valence-corrected chi connectivity index (χ2v) is 5.00. The van der Waals surface area contributed by atoms with Gasteiger partial charge in [0.05, 0.1) is 28.8 Å². The van der Waals surface area contributed by atoms with Crippen molar-refractivity contribution in [1.29, 1.82) is 0 Å². The molecule has 0 aliphatic heterocycles. The smallest absolute Gasteiger partial charge is 0.273 e. The molecule has 2 rings (SSSR count). The van der Waals surface area contributed by atoms with E-state index in [1.807, 2.05) is 6.92 Å². The summed E-state index contributed by atoms with van der Waals surface area (Å²) in [5.41, 5.74) is 0.598. The van der Waals surface area contributed by atoms with Crippen LogP contribution in [0.25, 0.3) is 0 Å². The Morgan fingerprint density at radius 2 is 2.18 bits per heavy atom. The van der Waals surface area contributed by atoms with Crippen molar-refractivity contribution in [2.45, 2.75) is 13.0 Å². The number of phenolic OH excluding ortho intramolecular Hbond substituents is 1. The monoisotopic (exact) mass is 304 g/mol. The second-order valence-electron chi connectivity index (χ2n) is 5.00. The molecule has 0 aliphatic rings. The lowest BCUT2D eigenvalue weighted by Gasteiger charge is -2.24. The fraction of sp³-hybridized carbons (Fsp3) is 0.286. The maximum absolute atomic E-state index is 12.4. The highest BCUT2D eigenvalue weighted by atomic mass is 16.6. The number of nitro groups is 1. The summed E-state index contributed by atoms with van der Waals surface area (Å²) < 4.78 is 1.63. The molecule has 2 aromatic rings. The Hall–Kier alpha value is -2.90. The van der Waals surface area contributed by atoms with Crippen molar-refractivity contribution in [1.82, 2.24) is 14.7 Å². The van der Waals surface area contributed by atoms with Gasteiger partial charge in [-0.25, -0.2) is 0 Å². The van der Waals surface area contributed by atoms with Crippen LogP contribution in [-0.2, 0) is 7.05 Å². The van der Waals surface area contributed by atoms with E-state index in [1.165, 1.54) is 17.0 Å². The van der Waals surface area contributed by atoms with E-state index >= 15 is 0 Å². The number of rotatable bonds is 4. The van der Waals surface area contributed by atoms with E-state index in [0.717, 1.165) is 11.6 Å². The number of benzene rings is 1. The third-order valence-electron chi connectivity index (χ3n) is 3.53. The standard InChI is InChI=1S/C14H16N4O4/c1-9(10-7-15-16(2)8-10)17(3)14(20)12-5-4-11(18(21)22)6-13(12)19/h4-9,19H,1-3H3/t9-/m0/s1. The summed E-state index contributed by atoms with van der Waals surface area (Å²) in [5, 5.41) is 24.6. The number of non-ortho nitro benzene ring substituents is 1. The van der Waals surface area contributed by atoms with E-state index in [4.69, 9.17) is 0 Å². The van der Waals surface area contributed by atoms with E-state index in [0.29, 0.717) is 0 Å². The van der Waals surface area contributed by atoms with Gasteiger partial charge in [-0.2, -0.15) is 5.10 Å². The van der Waals surface area contributed by atoms with Crippen molar-refractivity contribution in [3.63, 3.8) is 0 Å². The van der Waals surface area contributed by atoms with Gasteiger partial charge in [0.25, 0.3) is 11.6 Å². The molecule has 8 nitrogen and oxygen atoms in total. The summed E-state index contributed by atoms with van der Waals surface area (Å²) in [6.07, 6.45) is 3.45. The molecule has 0 aliphatic carbocycles. The van der Waals surface area contributed by atoms with Crippen molar-refractivity contribution in [3.05, 3.63) is 51.8 Å². The van der Waals surface area contributed by atoms with E-state index < -0.39 is 16.6 Å². The fourth-order valence-electron chi connectivity index (χ4n) is 2.06. The molecular formula is C14H16N4O4. The van der Waals surface area contributed by atoms with Gasteiger partial charge in [0, 0.05) is 31.9 Å². The van der Waals surface area contributed by atoms with Crippen molar-refractivity contribution in [2.24, 2.45) is 7.05 Å². The molecular weight excluding hydrogens is 288 g/mol. The topological polar surface area (TPSA) is 102 Å². The Kier molecular flexibility index (Phi) is 4.11. The number of aromatic hydroxyl groups is 1. The normalized spacial score (nSPS) is 12.0. The minimum absolute atomic E-state index is 0.0174. The molecule has 0 bridgehead atoms. The summed E-state index contributed by atoms with van der Waals surface area (Å²) >= 11 is 0. The Morgan fingerprint density at radius 3 is 2.68 bits per heavy atom. The van der Waals surface area contributed by atoms with Gasteiger partial charge < -0.3 is 10.0 Å². The number of aromatic nitrogens is 2. The summed E-state index contributed by atoms with van der Waals surface area (Å²) in [6, 6.07) is 3.16. The molecule has 1 amide bonds. The highest BCUT2D eigenvalue weighted by molar-refractivity contribution is 5.97. The molecule has 1 atom stereocenters. The summed E-state index contributed by atoms with van der Waals surface area (Å²) in [5.74, 6) is -0.840. The number of nitro benzene ring substituents is 1. The molecule has 8 heteroatoms. The Morgan fingerprint density at radius 1 is 1.50 bits per heavy atom. The first-order valence-electron chi connectivity index (χ1n) is 6.54. The number of amides is 1. The minimum Gasteiger partial charge on any atom is -0.507 e. The van der Waals surface area contributed by atoms with Gasteiger partial charge in [0.15, 0.2) is 0 Å². The third-order valence-corrected chi connectivity index (χ3v) is 3.53. The predicted octanol–water partition coefficient (Wildman–Crippen LogP) is 1.87. The molecule has 1 aromatic heterocycles. The highest BCUT2D eigenvalue weighted by Gasteiger charge is 2.23. The van der Waals surface area contributed by atoms with Crippen LogP contribution in [0.1, 0.15) is 28.9 Å². The first-order valence-corrected chi connectivity index (χ1v) is 6.54. The number of phenols is 1. The van der Waals surface area contributed by atoms with Crippen LogP contribution in [0.15, 0.2) is 30.6 Å². The summed E-state index contributed by atoms with van der Waals surface area (Å²) in [7, 11) is 3.38. The van der Waals surface area contributed by atoms with Crippen molar-refractivity contribution in [3.8, 4) is 5.75 Å². The predicted molar refractivity (Wildman–Crippen MR) is 78.5 cm³/mol. The fourth-order valence-corrected chi connectivity index (χ4v) is 2.06. The molecule has 0 saturated carbocycles. The van der Waals surface area contributed by atoms with Gasteiger partial charge in [-0.05, 0) is 13.0 Å². The van der Waals surface area contributed by atoms with Crippen LogP contribution < -0.4 is 0 Å². The van der Waals surface area contributed by atoms with Gasteiger partial charge >= 0.3 is 0 Å². The van der Waals surface area contributed by atoms with Crippen molar-refractivity contribution < 1.29 is 14.8 Å². The average molecular weight is 304 g/mol. The molecule has 1 N–H and O–H groups in total. The van der Waals surface area contributed by atoms with Crippen molar-refractivity contribution in [2.75, 3.05) is 7.05 Å². The Bertz CT molecular complexity index is 725. The van der Waals surface area contributed by atoms with Crippen LogP contribution in [0, 0.1) is 10.1 Å². The number of nitrogens with zero attached hydrogens (tertiary/aromatic N) is 4. The number of carbonyl (C=O) groups excluding carboxylic acids is 1. The Balaban J connectivity index is 2.25. The molecule has 0 spiro atoms. The first-order chi connectivity index (χ1) is 10.3. The van der Waals surface area contributed by atoms with E-state index in [2.05, 4.69) is 5.10 Å². The van der Waals surface area contributed by atoms with Gasteiger partial charge in [0.2, 0.25) is 0 Å². The number of hydrogen-bond donors (Lipinski definition) is 1. The molecule has 22 heavy (non-hydrogen) atoms. The molecule has 0 radical (unpaired) electrons. The zero-order valence-corrected chi connectivity index (χ0v) is 12.4. The molecule has 0 unspecified atom stereocenters. The highest BCUT2D eigenvalue weighted by Crippen LogP contribution is 2.27. The third kappa shape index (κ3) is 2.90. The summed E-state index contributed by atoms with van der Waals surface area (Å²) in [4.78, 5) is 23.9. The van der Waals surface area contributed by atoms with Crippen LogP contribution in [0.2, 0.25) is 0 Å². The number of hydrogen-bond acceptors (Lipinski definition) is 5. The molecule has 0 fully saturated rings. The van der Waals surface area contributed by atoms with Crippen LogP contribution in [0.3, 0.4) is 0 Å². The molecule has 1 heterocycles. The van der Waals surface area contributed by atoms with Crippen LogP contribution in [0.5, 0.6) is 5.75 Å². The van der Waals surface area contributed by atoms with E-state index in [9.17, 15) is 20.0 Å². The number of carbonyl (C=O) groups is 1. The second kappa shape index (κ2) is 5.84. The van der Waals surface area contributed by atoms with Gasteiger partial charge in [-0.3, -0.25) is 19.6 Å². The SMILES string of the molecule is C[C@@H](c1cnn(C)c1)N(C)C(=O)c1ccc([N+](=O)[O-])cc1O. The minimum atomic E-state index is -0.629. The molecule has 1 aromatic carbocycles. The zero-order valence-electron chi connectivity index (χ0n) is 12.4. The Labute approximate surface area is 126 Å². The molecule has 0 saturated heterocycles. The van der Waals surface area contributed by atoms with Gasteiger partial charge in [0.1, 0.15) is 5.75 Å². The van der Waals surface area contributed by atoms with E-state index in [-0.39, 0.29) is 17.3 Å². The lowest BCUT2D eigenvalue weighted by molar-refractivity contribution is -0.384. The quantitative estimate of drug-likeness (QED) is 0.686. The molecule has 116 valence electrons. The van der Waals surface area contributed by atoms with Crippen LogP contribution >= 0.6 is 0 Å². The van der Waals surface area contributed by atoms with Crippen LogP contribution in [0.4, 0.5) is 5.69 Å². The van der Waals surface area contributed by atoms with Crippen LogP contribution in [-0.4, -0.2) is 37.7 Å². The van der Waals surface area contributed by atoms with Crippen molar-refractivity contribution >= 4 is 11.6 Å². The zero-order chi connectivity index (χ0) is 16.4. The lowest BCUT2D eigenvalue weighted by atomic mass is 10.1. The maximum atomic E-state index is 12.4. The van der Waals surface area contributed by atoms with Gasteiger partial charge in [-0.15, -0.1) is 0 Å².